The number of nitrogens with one attached hydrogen (secondary N) is 1. The average Bonchev–Trinajstić information content (AvgIpc) is 2.76. The van der Waals surface area contributed by atoms with Gasteiger partial charge in [0.25, 0.3) is 11.8 Å². The van der Waals surface area contributed by atoms with Crippen LogP contribution in [0.5, 0.6) is 0 Å². The van der Waals surface area contributed by atoms with Crippen molar-refractivity contribution in [2.24, 2.45) is 0 Å². The van der Waals surface area contributed by atoms with E-state index in [2.05, 4.69) is 5.32 Å². The monoisotopic (exact) mass is 353 g/mol. The van der Waals surface area contributed by atoms with E-state index in [1.54, 1.807) is 25.8 Å². The molecule has 0 unspecified atom stereocenters. The first-order chi connectivity index (χ1) is 11.6. The Bertz CT molecular complexity index is 569. The molecule has 2 rings (SSSR count). The Morgan fingerprint density at radius 2 is 1.88 bits per heavy atom. The SMILES string of the molecule is C[C@H](OC(=O)CN1C(=O)NC(C)(C)C1=O)C(=O)N(C)C1CCCCC1. The summed E-state index contributed by atoms with van der Waals surface area (Å²) in [5.41, 5.74) is -1.04. The van der Waals surface area contributed by atoms with Crippen molar-refractivity contribution in [1.29, 1.82) is 0 Å². The molecule has 4 amide bonds. The lowest BCUT2D eigenvalue weighted by molar-refractivity contribution is -0.161. The standard InChI is InChI=1S/C17H27N3O5/c1-11(14(22)19(4)12-8-6-5-7-9-12)25-13(21)10-20-15(23)17(2,3)18-16(20)24/h11-12H,5-10H2,1-4H3,(H,18,24)/t11-/m0/s1. The Hall–Kier alpha value is -2.12. The second-order valence-corrected chi connectivity index (χ2v) is 7.32. The highest BCUT2D eigenvalue weighted by Gasteiger charge is 2.45. The lowest BCUT2D eigenvalue weighted by atomic mass is 9.94. The Morgan fingerprint density at radius 1 is 1.28 bits per heavy atom. The van der Waals surface area contributed by atoms with Gasteiger partial charge in [-0.25, -0.2) is 4.79 Å². The van der Waals surface area contributed by atoms with Crippen LogP contribution in [0, 0.1) is 0 Å². The van der Waals surface area contributed by atoms with Gasteiger partial charge in [-0.3, -0.25) is 19.3 Å². The first-order valence-electron chi connectivity index (χ1n) is 8.73. The molecule has 1 heterocycles. The van der Waals surface area contributed by atoms with Crippen molar-refractivity contribution in [3.8, 4) is 0 Å². The van der Waals surface area contributed by atoms with E-state index < -0.39 is 36.1 Å². The van der Waals surface area contributed by atoms with E-state index in [0.717, 1.165) is 30.6 Å². The molecule has 1 atom stereocenters. The number of likely N-dealkylation sites (N-methyl/N-ethyl adjacent to an activating group) is 1. The molecule has 2 aliphatic rings. The first-order valence-corrected chi connectivity index (χ1v) is 8.73. The molecule has 2 fully saturated rings. The van der Waals surface area contributed by atoms with E-state index in [0.29, 0.717) is 0 Å². The Morgan fingerprint density at radius 3 is 2.40 bits per heavy atom. The van der Waals surface area contributed by atoms with Crippen molar-refractivity contribution in [3.05, 3.63) is 0 Å². The number of hydrogen-bond donors (Lipinski definition) is 1. The highest BCUT2D eigenvalue weighted by Crippen LogP contribution is 2.22. The van der Waals surface area contributed by atoms with Crippen LogP contribution in [0.25, 0.3) is 0 Å². The number of amides is 4. The molecule has 1 aliphatic heterocycles. The van der Waals surface area contributed by atoms with Crippen molar-refractivity contribution in [3.63, 3.8) is 0 Å². The van der Waals surface area contributed by atoms with Gasteiger partial charge in [0.1, 0.15) is 12.1 Å². The molecule has 1 aliphatic carbocycles. The lowest BCUT2D eigenvalue weighted by Crippen LogP contribution is -2.45. The smallest absolute Gasteiger partial charge is 0.327 e. The summed E-state index contributed by atoms with van der Waals surface area (Å²) in [6, 6.07) is -0.459. The normalized spacial score (nSPS) is 21.7. The fraction of sp³-hybridized carbons (Fsp3) is 0.765. The summed E-state index contributed by atoms with van der Waals surface area (Å²) in [6.45, 7) is 4.13. The summed E-state index contributed by atoms with van der Waals surface area (Å²) in [5.74, 6) is -1.54. The minimum absolute atomic E-state index is 0.175. The third-order valence-corrected chi connectivity index (χ3v) is 4.86. The van der Waals surface area contributed by atoms with Gasteiger partial charge in [-0.05, 0) is 33.6 Å². The number of nitrogens with zero attached hydrogens (tertiary/aromatic N) is 2. The maximum atomic E-state index is 12.4. The van der Waals surface area contributed by atoms with Crippen LogP contribution in [0.4, 0.5) is 4.79 Å². The third kappa shape index (κ3) is 4.29. The summed E-state index contributed by atoms with van der Waals surface area (Å²) in [5, 5.41) is 2.49. The number of esters is 1. The molecule has 0 aromatic rings. The number of urea groups is 1. The zero-order chi connectivity index (χ0) is 18.8. The molecule has 0 bridgehead atoms. The highest BCUT2D eigenvalue weighted by molar-refractivity contribution is 6.08. The van der Waals surface area contributed by atoms with Crippen molar-refractivity contribution < 1.29 is 23.9 Å². The zero-order valence-corrected chi connectivity index (χ0v) is 15.3. The van der Waals surface area contributed by atoms with Gasteiger partial charge in [-0.15, -0.1) is 0 Å². The minimum atomic E-state index is -1.04. The molecule has 0 aromatic heterocycles. The third-order valence-electron chi connectivity index (χ3n) is 4.86. The minimum Gasteiger partial charge on any atom is -0.451 e. The van der Waals surface area contributed by atoms with Crippen LogP contribution in [0.3, 0.4) is 0 Å². The predicted molar refractivity (Wildman–Crippen MR) is 89.5 cm³/mol. The molecule has 1 saturated heterocycles. The second-order valence-electron chi connectivity index (χ2n) is 7.32. The highest BCUT2D eigenvalue weighted by atomic mass is 16.5. The average molecular weight is 353 g/mol. The quantitative estimate of drug-likeness (QED) is 0.588. The summed E-state index contributed by atoms with van der Waals surface area (Å²) < 4.78 is 5.15. The number of rotatable bonds is 5. The van der Waals surface area contributed by atoms with Gasteiger partial charge >= 0.3 is 12.0 Å². The molecule has 1 N–H and O–H groups in total. The Labute approximate surface area is 147 Å². The Balaban J connectivity index is 1.88. The second kappa shape index (κ2) is 7.41. The van der Waals surface area contributed by atoms with Gasteiger partial charge < -0.3 is 15.0 Å². The fourth-order valence-electron chi connectivity index (χ4n) is 3.31. The number of hydrogen-bond acceptors (Lipinski definition) is 5. The van der Waals surface area contributed by atoms with Crippen LogP contribution >= 0.6 is 0 Å². The molecule has 1 saturated carbocycles. The lowest BCUT2D eigenvalue weighted by Gasteiger charge is -2.32. The van der Waals surface area contributed by atoms with Crippen molar-refractivity contribution >= 4 is 23.8 Å². The number of carbonyl (C=O) groups excluding carboxylic acids is 4. The predicted octanol–water partition coefficient (Wildman–Crippen LogP) is 1.04. The van der Waals surface area contributed by atoms with Crippen LogP contribution in [-0.4, -0.2) is 64.9 Å². The first kappa shape index (κ1) is 19.2. The van der Waals surface area contributed by atoms with E-state index in [1.165, 1.54) is 13.3 Å². The maximum absolute atomic E-state index is 12.4. The largest absolute Gasteiger partial charge is 0.451 e. The van der Waals surface area contributed by atoms with Gasteiger partial charge in [0.15, 0.2) is 6.10 Å². The molecule has 25 heavy (non-hydrogen) atoms. The summed E-state index contributed by atoms with van der Waals surface area (Å²) >= 11 is 0. The number of carbonyl (C=O) groups is 4. The van der Waals surface area contributed by atoms with Crippen molar-refractivity contribution in [1.82, 2.24) is 15.1 Å². The van der Waals surface area contributed by atoms with Gasteiger partial charge in [-0.2, -0.15) is 0 Å². The topological polar surface area (TPSA) is 96.0 Å². The van der Waals surface area contributed by atoms with Crippen molar-refractivity contribution in [2.75, 3.05) is 13.6 Å². The molecular formula is C17H27N3O5. The zero-order valence-electron chi connectivity index (χ0n) is 15.3. The summed E-state index contributed by atoms with van der Waals surface area (Å²) in [7, 11) is 1.72. The van der Waals surface area contributed by atoms with Crippen LogP contribution in [0.15, 0.2) is 0 Å². The van der Waals surface area contributed by atoms with Gasteiger partial charge in [-0.1, -0.05) is 19.3 Å². The number of imide groups is 1. The van der Waals surface area contributed by atoms with E-state index in [4.69, 9.17) is 4.74 Å². The van der Waals surface area contributed by atoms with E-state index in [9.17, 15) is 19.2 Å². The molecule has 0 radical (unpaired) electrons. The van der Waals surface area contributed by atoms with Crippen LogP contribution in [0.2, 0.25) is 0 Å². The fourth-order valence-corrected chi connectivity index (χ4v) is 3.31. The van der Waals surface area contributed by atoms with Crippen molar-refractivity contribution in [2.45, 2.75) is 70.6 Å². The molecule has 0 aromatic carbocycles. The van der Waals surface area contributed by atoms with Crippen LogP contribution in [-0.2, 0) is 19.1 Å². The van der Waals surface area contributed by atoms with E-state index >= 15 is 0 Å². The van der Waals surface area contributed by atoms with E-state index in [-0.39, 0.29) is 11.9 Å². The summed E-state index contributed by atoms with van der Waals surface area (Å²) in [6.07, 6.45) is 4.34. The van der Waals surface area contributed by atoms with Gasteiger partial charge in [0.2, 0.25) is 0 Å². The van der Waals surface area contributed by atoms with E-state index in [1.807, 2.05) is 0 Å². The van der Waals surface area contributed by atoms with Crippen LogP contribution < -0.4 is 5.32 Å². The molecule has 0 spiro atoms. The summed E-state index contributed by atoms with van der Waals surface area (Å²) in [4.78, 5) is 50.8. The molecular weight excluding hydrogens is 326 g/mol. The van der Waals surface area contributed by atoms with Crippen LogP contribution in [0.1, 0.15) is 52.9 Å². The molecule has 8 nitrogen and oxygen atoms in total. The maximum Gasteiger partial charge on any atom is 0.327 e. The van der Waals surface area contributed by atoms with Gasteiger partial charge in [0.05, 0.1) is 0 Å². The van der Waals surface area contributed by atoms with Gasteiger partial charge in [0, 0.05) is 13.1 Å². The molecule has 140 valence electrons. The number of ether oxygens (including phenoxy) is 1. The Kier molecular flexibility index (Phi) is 5.69. The molecule has 8 heteroatoms.